The summed E-state index contributed by atoms with van der Waals surface area (Å²) < 4.78 is 0. The van der Waals surface area contributed by atoms with Crippen LogP contribution in [0, 0.1) is 0 Å². The summed E-state index contributed by atoms with van der Waals surface area (Å²) in [4.78, 5) is 45.8. The zero-order valence-electron chi connectivity index (χ0n) is 16.6. The third-order valence-corrected chi connectivity index (χ3v) is 4.12. The third-order valence-electron chi connectivity index (χ3n) is 4.12. The van der Waals surface area contributed by atoms with E-state index in [0.29, 0.717) is 23.1 Å². The van der Waals surface area contributed by atoms with Crippen molar-refractivity contribution < 1.29 is 29.4 Å². The molecule has 0 saturated carbocycles. The number of nitrogens with zero attached hydrogens (tertiary/aromatic N) is 1. The summed E-state index contributed by atoms with van der Waals surface area (Å²) >= 11 is 0. The lowest BCUT2D eigenvalue weighted by atomic mass is 10.0. The van der Waals surface area contributed by atoms with E-state index in [1.807, 2.05) is 6.92 Å². The maximum atomic E-state index is 12.6. The number of rotatable bonds is 9. The summed E-state index contributed by atoms with van der Waals surface area (Å²) in [6.07, 6.45) is 0.896. The number of Topliss-reactive ketones (excluding diaryl/α,β-unsaturated/α-hetero) is 1. The Balaban J connectivity index is 1.95. The van der Waals surface area contributed by atoms with Gasteiger partial charge in [0.2, 0.25) is 0 Å². The van der Waals surface area contributed by atoms with Gasteiger partial charge >= 0.3 is 5.97 Å². The first kappa shape index (κ1) is 22.4. The second kappa shape index (κ2) is 10.6. The van der Waals surface area contributed by atoms with Gasteiger partial charge in [-0.1, -0.05) is 24.2 Å². The number of amides is 1. The summed E-state index contributed by atoms with van der Waals surface area (Å²) in [5, 5.41) is 14.2. The number of hydrogen-bond donors (Lipinski definition) is 3. The molecule has 0 aliphatic rings. The van der Waals surface area contributed by atoms with Gasteiger partial charge < -0.3 is 16.3 Å². The molecule has 158 valence electrons. The lowest BCUT2D eigenvalue weighted by molar-refractivity contribution is -0.213. The number of nitrogens with one attached hydrogen (secondary N) is 1. The van der Waals surface area contributed by atoms with Crippen LogP contribution in [0.25, 0.3) is 0 Å². The Morgan fingerprint density at radius 3 is 2.17 bits per heavy atom. The molecule has 0 saturated heterocycles. The third kappa shape index (κ3) is 6.06. The topological polar surface area (TPSA) is 140 Å². The zero-order valence-corrected chi connectivity index (χ0v) is 16.6. The Hall–Kier alpha value is -3.88. The molecular weight excluding hydrogens is 390 g/mol. The summed E-state index contributed by atoms with van der Waals surface area (Å²) in [5.41, 5.74) is 6.62. The molecule has 1 amide bonds. The molecule has 9 nitrogen and oxygen atoms in total. The fraction of sp³-hybridized carbons (Fsp3) is 0.238. The van der Waals surface area contributed by atoms with Gasteiger partial charge in [0.15, 0.2) is 17.4 Å². The zero-order chi connectivity index (χ0) is 22.1. The highest BCUT2D eigenvalue weighted by Crippen LogP contribution is 2.15. The standard InChI is InChI=1S/C21H23N3O6/c1-3-4-18(25)30-29-17-11-9-14(10-12-17)19(26)13(2)23-21(27)16-7-5-15(6-8-16)20(22)24-28/h5-13,28H,3-4H2,1-2H3,(H2,22,24)(H,23,27). The number of hydrogen-bond acceptors (Lipinski definition) is 7. The Morgan fingerprint density at radius 1 is 1.03 bits per heavy atom. The lowest BCUT2D eigenvalue weighted by Crippen LogP contribution is -2.38. The van der Waals surface area contributed by atoms with Crippen LogP contribution in [0.2, 0.25) is 0 Å². The molecule has 0 fully saturated rings. The molecule has 0 spiro atoms. The summed E-state index contributed by atoms with van der Waals surface area (Å²) in [7, 11) is 0. The second-order valence-electron chi connectivity index (χ2n) is 6.44. The molecule has 1 atom stereocenters. The molecule has 2 aromatic rings. The molecule has 0 aromatic heterocycles. The minimum Gasteiger partial charge on any atom is -0.409 e. The van der Waals surface area contributed by atoms with Gasteiger partial charge in [-0.05, 0) is 49.7 Å². The van der Waals surface area contributed by atoms with Gasteiger partial charge in [0.05, 0.1) is 6.04 Å². The van der Waals surface area contributed by atoms with E-state index in [1.54, 1.807) is 6.92 Å². The van der Waals surface area contributed by atoms with Crippen LogP contribution in [-0.4, -0.2) is 34.7 Å². The maximum Gasteiger partial charge on any atom is 0.355 e. The van der Waals surface area contributed by atoms with Gasteiger partial charge in [0.1, 0.15) is 0 Å². The van der Waals surface area contributed by atoms with Crippen LogP contribution >= 0.6 is 0 Å². The van der Waals surface area contributed by atoms with Crippen molar-refractivity contribution in [2.45, 2.75) is 32.7 Å². The first-order valence-corrected chi connectivity index (χ1v) is 9.26. The molecule has 30 heavy (non-hydrogen) atoms. The van der Waals surface area contributed by atoms with Crippen molar-refractivity contribution in [1.29, 1.82) is 0 Å². The van der Waals surface area contributed by atoms with E-state index in [4.69, 9.17) is 15.8 Å². The largest absolute Gasteiger partial charge is 0.409 e. The molecule has 0 heterocycles. The second-order valence-corrected chi connectivity index (χ2v) is 6.44. The Labute approximate surface area is 173 Å². The highest BCUT2D eigenvalue weighted by Gasteiger charge is 2.18. The number of oxime groups is 1. The van der Waals surface area contributed by atoms with E-state index in [0.717, 1.165) is 0 Å². The first-order chi connectivity index (χ1) is 14.3. The highest BCUT2D eigenvalue weighted by atomic mass is 17.2. The minimum absolute atomic E-state index is 0.0712. The summed E-state index contributed by atoms with van der Waals surface area (Å²) in [6.45, 7) is 3.42. The molecule has 0 aliphatic heterocycles. The van der Waals surface area contributed by atoms with Gasteiger partial charge in [0, 0.05) is 23.1 Å². The number of ketones is 1. The van der Waals surface area contributed by atoms with Crippen molar-refractivity contribution in [1.82, 2.24) is 5.32 Å². The molecule has 9 heteroatoms. The molecule has 2 aromatic carbocycles. The van der Waals surface area contributed by atoms with Crippen LogP contribution in [0.15, 0.2) is 53.7 Å². The van der Waals surface area contributed by atoms with Crippen LogP contribution in [0.4, 0.5) is 0 Å². The van der Waals surface area contributed by atoms with Crippen molar-refractivity contribution >= 4 is 23.5 Å². The van der Waals surface area contributed by atoms with Gasteiger partial charge in [-0.25, -0.2) is 4.79 Å². The minimum atomic E-state index is -0.782. The number of nitrogens with two attached hydrogens (primary N) is 1. The maximum absolute atomic E-state index is 12.6. The molecule has 0 aliphatic carbocycles. The van der Waals surface area contributed by atoms with Crippen LogP contribution in [0.3, 0.4) is 0 Å². The summed E-state index contributed by atoms with van der Waals surface area (Å²) in [5.74, 6) is -1.01. The van der Waals surface area contributed by atoms with Crippen molar-refractivity contribution in [2.75, 3.05) is 0 Å². The lowest BCUT2D eigenvalue weighted by Gasteiger charge is -2.13. The highest BCUT2D eigenvalue weighted by molar-refractivity contribution is 6.04. The Morgan fingerprint density at radius 2 is 1.60 bits per heavy atom. The normalized spacial score (nSPS) is 12.0. The van der Waals surface area contributed by atoms with Crippen molar-refractivity contribution in [2.24, 2.45) is 10.9 Å². The fourth-order valence-corrected chi connectivity index (χ4v) is 2.46. The van der Waals surface area contributed by atoms with Gasteiger partial charge in [-0.3, -0.25) is 19.4 Å². The Kier molecular flexibility index (Phi) is 7.92. The molecular formula is C21H23N3O6. The molecule has 0 radical (unpaired) electrons. The van der Waals surface area contributed by atoms with E-state index >= 15 is 0 Å². The Bertz CT molecular complexity index is 923. The van der Waals surface area contributed by atoms with Gasteiger partial charge in [-0.15, -0.1) is 0 Å². The SMILES string of the molecule is CCCC(=O)OOc1ccc(C(=O)C(C)NC(=O)c2ccc(/C(N)=N/O)cc2)cc1. The van der Waals surface area contributed by atoms with E-state index in [2.05, 4.69) is 15.4 Å². The van der Waals surface area contributed by atoms with Gasteiger partial charge in [0.25, 0.3) is 5.91 Å². The van der Waals surface area contributed by atoms with Crippen molar-refractivity contribution in [3.05, 3.63) is 65.2 Å². The van der Waals surface area contributed by atoms with Crippen LogP contribution in [0.1, 0.15) is 53.0 Å². The molecule has 4 N–H and O–H groups in total. The quantitative estimate of drug-likeness (QED) is 0.143. The average Bonchev–Trinajstić information content (AvgIpc) is 2.77. The number of benzene rings is 2. The van der Waals surface area contributed by atoms with Gasteiger partial charge in [-0.2, -0.15) is 0 Å². The van der Waals surface area contributed by atoms with Crippen LogP contribution in [-0.2, 0) is 9.68 Å². The molecule has 0 bridgehead atoms. The van der Waals surface area contributed by atoms with Crippen molar-refractivity contribution in [3.8, 4) is 5.75 Å². The van der Waals surface area contributed by atoms with E-state index in [1.165, 1.54) is 48.5 Å². The number of carbonyl (C=O) groups excluding carboxylic acids is 3. The van der Waals surface area contributed by atoms with E-state index < -0.39 is 17.9 Å². The van der Waals surface area contributed by atoms with Crippen LogP contribution in [0.5, 0.6) is 5.75 Å². The van der Waals surface area contributed by atoms with E-state index in [-0.39, 0.29) is 23.8 Å². The number of amidine groups is 1. The fourth-order valence-electron chi connectivity index (χ4n) is 2.46. The predicted molar refractivity (Wildman–Crippen MR) is 108 cm³/mol. The first-order valence-electron chi connectivity index (χ1n) is 9.26. The van der Waals surface area contributed by atoms with Crippen molar-refractivity contribution in [3.63, 3.8) is 0 Å². The summed E-state index contributed by atoms with van der Waals surface area (Å²) in [6, 6.07) is 11.3. The van der Waals surface area contributed by atoms with Crippen LogP contribution < -0.4 is 15.9 Å². The molecule has 1 unspecified atom stereocenters. The van der Waals surface area contributed by atoms with E-state index in [9.17, 15) is 14.4 Å². The number of carbonyl (C=O) groups is 3. The monoisotopic (exact) mass is 413 g/mol. The predicted octanol–water partition coefficient (Wildman–Crippen LogP) is 2.42. The smallest absolute Gasteiger partial charge is 0.355 e. The average molecular weight is 413 g/mol. The molecule has 2 rings (SSSR count).